The van der Waals surface area contributed by atoms with Gasteiger partial charge in [0.1, 0.15) is 18.1 Å². The van der Waals surface area contributed by atoms with Gasteiger partial charge >= 0.3 is 0 Å². The molecule has 8 heteroatoms. The molecule has 0 aliphatic rings. The molecular weight excluding hydrogens is 440 g/mol. The molecule has 1 heterocycles. The molecule has 1 atom stereocenters. The first-order valence-electron chi connectivity index (χ1n) is 10.3. The zero-order valence-electron chi connectivity index (χ0n) is 18.7. The molecule has 2 aromatic carbocycles. The van der Waals surface area contributed by atoms with Crippen molar-refractivity contribution in [2.45, 2.75) is 13.0 Å². The van der Waals surface area contributed by atoms with E-state index in [9.17, 15) is 9.59 Å². The van der Waals surface area contributed by atoms with Gasteiger partial charge in [-0.15, -0.1) is 11.3 Å². The number of carbonyl (C=O) groups excluding carboxylic acids is 2. The zero-order chi connectivity index (χ0) is 23.6. The van der Waals surface area contributed by atoms with E-state index in [0.29, 0.717) is 17.1 Å². The van der Waals surface area contributed by atoms with Crippen molar-refractivity contribution in [2.24, 2.45) is 0 Å². The lowest BCUT2D eigenvalue weighted by Gasteiger charge is -2.17. The Balaban J connectivity index is 1.72. The lowest BCUT2D eigenvalue weighted by Crippen LogP contribution is -2.41. The number of rotatable bonds is 10. The molecule has 0 fully saturated rings. The Bertz CT molecular complexity index is 1100. The van der Waals surface area contributed by atoms with Crippen molar-refractivity contribution in [3.63, 3.8) is 0 Å². The van der Waals surface area contributed by atoms with Crippen LogP contribution in [-0.4, -0.2) is 38.7 Å². The number of amides is 2. The SMILES string of the molecule is COc1ccc(C(=O)N/C(=C\c2cccs2)C(=O)N[C@H](C)COc2ccccc2)cc1OC. The fraction of sp³-hybridized carbons (Fsp3) is 0.200. The van der Waals surface area contributed by atoms with Crippen molar-refractivity contribution >= 4 is 29.2 Å². The fourth-order valence-corrected chi connectivity index (χ4v) is 3.58. The van der Waals surface area contributed by atoms with Crippen LogP contribution in [0.4, 0.5) is 0 Å². The monoisotopic (exact) mass is 466 g/mol. The average molecular weight is 467 g/mol. The molecule has 7 nitrogen and oxygen atoms in total. The average Bonchev–Trinajstić information content (AvgIpc) is 3.35. The Hall–Kier alpha value is -3.78. The van der Waals surface area contributed by atoms with Crippen molar-refractivity contribution in [1.29, 1.82) is 0 Å². The molecule has 0 saturated heterocycles. The van der Waals surface area contributed by atoms with E-state index in [1.54, 1.807) is 24.3 Å². The molecule has 0 saturated carbocycles. The van der Waals surface area contributed by atoms with E-state index in [0.717, 1.165) is 10.6 Å². The Kier molecular flexibility index (Phi) is 8.49. The summed E-state index contributed by atoms with van der Waals surface area (Å²) in [4.78, 5) is 26.7. The Morgan fingerprint density at radius 1 is 1.00 bits per heavy atom. The summed E-state index contributed by atoms with van der Waals surface area (Å²) in [6.07, 6.45) is 1.64. The van der Waals surface area contributed by atoms with Crippen LogP contribution >= 0.6 is 11.3 Å². The minimum Gasteiger partial charge on any atom is -0.493 e. The number of ether oxygens (including phenoxy) is 3. The van der Waals surface area contributed by atoms with Gasteiger partial charge in [0.25, 0.3) is 11.8 Å². The Morgan fingerprint density at radius 2 is 1.76 bits per heavy atom. The zero-order valence-corrected chi connectivity index (χ0v) is 19.5. The largest absolute Gasteiger partial charge is 0.493 e. The summed E-state index contributed by atoms with van der Waals surface area (Å²) >= 11 is 1.46. The molecule has 172 valence electrons. The topological polar surface area (TPSA) is 85.9 Å². The molecule has 0 aliphatic carbocycles. The highest BCUT2D eigenvalue weighted by Crippen LogP contribution is 2.27. The number of hydrogen-bond acceptors (Lipinski definition) is 6. The van der Waals surface area contributed by atoms with Gasteiger partial charge in [0.2, 0.25) is 0 Å². The van der Waals surface area contributed by atoms with Gasteiger partial charge in [-0.05, 0) is 54.8 Å². The van der Waals surface area contributed by atoms with E-state index < -0.39 is 11.8 Å². The van der Waals surface area contributed by atoms with Crippen molar-refractivity contribution in [3.05, 3.63) is 82.2 Å². The number of carbonyl (C=O) groups is 2. The second-order valence-corrected chi connectivity index (χ2v) is 8.08. The van der Waals surface area contributed by atoms with E-state index in [-0.39, 0.29) is 18.3 Å². The third-order valence-corrected chi connectivity index (χ3v) is 5.41. The summed E-state index contributed by atoms with van der Waals surface area (Å²) in [5.41, 5.74) is 0.460. The first kappa shape index (κ1) is 23.9. The van der Waals surface area contributed by atoms with Gasteiger partial charge in [-0.2, -0.15) is 0 Å². The smallest absolute Gasteiger partial charge is 0.268 e. The maximum Gasteiger partial charge on any atom is 0.268 e. The van der Waals surface area contributed by atoms with Crippen molar-refractivity contribution in [1.82, 2.24) is 10.6 Å². The van der Waals surface area contributed by atoms with Crippen LogP contribution in [0.3, 0.4) is 0 Å². The number of benzene rings is 2. The van der Waals surface area contributed by atoms with E-state index in [2.05, 4.69) is 10.6 Å². The molecule has 3 aromatic rings. The van der Waals surface area contributed by atoms with Crippen LogP contribution in [-0.2, 0) is 4.79 Å². The summed E-state index contributed by atoms with van der Waals surface area (Å²) in [5, 5.41) is 7.49. The quantitative estimate of drug-likeness (QED) is 0.439. The molecule has 0 radical (unpaired) electrons. The van der Waals surface area contributed by atoms with Gasteiger partial charge in [-0.1, -0.05) is 24.3 Å². The molecule has 2 amide bonds. The molecule has 1 aromatic heterocycles. The second-order valence-electron chi connectivity index (χ2n) is 7.10. The van der Waals surface area contributed by atoms with Gasteiger partial charge in [-0.3, -0.25) is 9.59 Å². The number of methoxy groups -OCH3 is 2. The molecule has 0 aliphatic heterocycles. The van der Waals surface area contributed by atoms with Crippen LogP contribution in [0.1, 0.15) is 22.2 Å². The van der Waals surface area contributed by atoms with Crippen molar-refractivity contribution < 1.29 is 23.8 Å². The second kappa shape index (κ2) is 11.7. The van der Waals surface area contributed by atoms with Gasteiger partial charge in [-0.25, -0.2) is 0 Å². The molecule has 33 heavy (non-hydrogen) atoms. The maximum absolute atomic E-state index is 13.0. The predicted octanol–water partition coefficient (Wildman–Crippen LogP) is 4.12. The summed E-state index contributed by atoms with van der Waals surface area (Å²) in [5.74, 6) is 0.789. The highest BCUT2D eigenvalue weighted by Gasteiger charge is 2.18. The highest BCUT2D eigenvalue weighted by molar-refractivity contribution is 7.10. The summed E-state index contributed by atoms with van der Waals surface area (Å²) < 4.78 is 16.2. The maximum atomic E-state index is 13.0. The molecule has 0 bridgehead atoms. The Labute approximate surface area is 197 Å². The molecule has 0 unspecified atom stereocenters. The van der Waals surface area contributed by atoms with Crippen LogP contribution in [0.5, 0.6) is 17.2 Å². The van der Waals surface area contributed by atoms with Crippen LogP contribution in [0, 0.1) is 0 Å². The third kappa shape index (κ3) is 6.85. The minimum absolute atomic E-state index is 0.129. The molecular formula is C25H26N2O5S. The number of hydrogen-bond donors (Lipinski definition) is 2. The highest BCUT2D eigenvalue weighted by atomic mass is 32.1. The molecule has 3 rings (SSSR count). The van der Waals surface area contributed by atoms with Crippen LogP contribution in [0.2, 0.25) is 0 Å². The predicted molar refractivity (Wildman–Crippen MR) is 129 cm³/mol. The number of thiophene rings is 1. The first-order valence-corrected chi connectivity index (χ1v) is 11.2. The Morgan fingerprint density at radius 3 is 2.42 bits per heavy atom. The van der Waals surface area contributed by atoms with E-state index >= 15 is 0 Å². The third-order valence-electron chi connectivity index (χ3n) is 4.59. The first-order chi connectivity index (χ1) is 16.0. The number of para-hydroxylation sites is 1. The fourth-order valence-electron chi connectivity index (χ4n) is 2.93. The van der Waals surface area contributed by atoms with Crippen LogP contribution in [0.25, 0.3) is 6.08 Å². The number of nitrogens with one attached hydrogen (secondary N) is 2. The van der Waals surface area contributed by atoms with E-state index in [4.69, 9.17) is 14.2 Å². The standard InChI is InChI=1S/C25H26N2O5S/c1-17(16-32-19-8-5-4-6-9-19)26-25(29)21(15-20-10-7-13-33-20)27-24(28)18-11-12-22(30-2)23(14-18)31-3/h4-15,17H,16H2,1-3H3,(H,26,29)(H,27,28)/b21-15-/t17-/m1/s1. The van der Waals surface area contributed by atoms with Crippen molar-refractivity contribution in [3.8, 4) is 17.2 Å². The summed E-state index contributed by atoms with van der Waals surface area (Å²) in [6.45, 7) is 2.12. The van der Waals surface area contributed by atoms with Gasteiger partial charge in [0.05, 0.1) is 20.3 Å². The molecule has 0 spiro atoms. The summed E-state index contributed by atoms with van der Waals surface area (Å²) in [7, 11) is 3.01. The van der Waals surface area contributed by atoms with Crippen LogP contribution < -0.4 is 24.8 Å². The normalized spacial score (nSPS) is 11.9. The lowest BCUT2D eigenvalue weighted by molar-refractivity contribution is -0.118. The molecule has 2 N–H and O–H groups in total. The van der Waals surface area contributed by atoms with Gasteiger partial charge in [0.15, 0.2) is 11.5 Å². The van der Waals surface area contributed by atoms with Gasteiger partial charge < -0.3 is 24.8 Å². The van der Waals surface area contributed by atoms with Crippen LogP contribution in [0.15, 0.2) is 71.7 Å². The lowest BCUT2D eigenvalue weighted by atomic mass is 10.1. The van der Waals surface area contributed by atoms with E-state index in [1.165, 1.54) is 25.6 Å². The minimum atomic E-state index is -0.443. The summed E-state index contributed by atoms with van der Waals surface area (Å²) in [6, 6.07) is 17.6. The van der Waals surface area contributed by atoms with Gasteiger partial charge in [0, 0.05) is 10.4 Å². The van der Waals surface area contributed by atoms with Crippen molar-refractivity contribution in [2.75, 3.05) is 20.8 Å². The van der Waals surface area contributed by atoms with E-state index in [1.807, 2.05) is 54.8 Å².